The maximum absolute atomic E-state index is 14.8. The Balaban J connectivity index is 2.42. The Kier molecular flexibility index (Phi) is 6.12. The van der Waals surface area contributed by atoms with Crippen LogP contribution in [0, 0.1) is 5.82 Å². The first-order chi connectivity index (χ1) is 14.2. The maximum Gasteiger partial charge on any atom is 0.415 e. The number of amides is 1. The minimum absolute atomic E-state index is 0.0805. The lowest BCUT2D eigenvalue weighted by Crippen LogP contribution is -2.52. The third kappa shape index (κ3) is 4.29. The third-order valence-electron chi connectivity index (χ3n) is 5.34. The minimum Gasteiger partial charge on any atom is -0.449 e. The number of aliphatic hydroxyl groups is 2. The van der Waals surface area contributed by atoms with Crippen molar-refractivity contribution >= 4 is 11.9 Å². The lowest BCUT2D eigenvalue weighted by atomic mass is 9.82. The van der Waals surface area contributed by atoms with E-state index in [4.69, 9.17) is 12.2 Å². The van der Waals surface area contributed by atoms with Crippen molar-refractivity contribution in [3.63, 3.8) is 0 Å². The van der Waals surface area contributed by atoms with E-state index in [1.54, 1.807) is 6.92 Å². The van der Waals surface area contributed by atoms with Crippen molar-refractivity contribution in [2.45, 2.75) is 76.9 Å². The number of halogens is 1. The highest BCUT2D eigenvalue weighted by Gasteiger charge is 2.59. The van der Waals surface area contributed by atoms with Crippen molar-refractivity contribution in [1.82, 2.24) is 9.55 Å². The molecule has 0 saturated carbocycles. The van der Waals surface area contributed by atoms with Crippen molar-refractivity contribution in [1.29, 1.82) is 0 Å². The normalized spacial score (nSPS) is 35.2. The summed E-state index contributed by atoms with van der Waals surface area (Å²) in [5.74, 6) is -1.84. The summed E-state index contributed by atoms with van der Waals surface area (Å²) in [5.41, 5.74) is -5.15. The van der Waals surface area contributed by atoms with Crippen LogP contribution in [0.2, 0.25) is 0 Å². The van der Waals surface area contributed by atoms with Gasteiger partial charge in [-0.1, -0.05) is 26.7 Å². The van der Waals surface area contributed by atoms with Gasteiger partial charge in [-0.05, 0) is 26.7 Å². The van der Waals surface area contributed by atoms with Gasteiger partial charge >= 0.3 is 11.8 Å². The molecule has 10 heteroatoms. The molecule has 4 atom stereocenters. The van der Waals surface area contributed by atoms with Gasteiger partial charge in [0.2, 0.25) is 0 Å². The fraction of sp³-hybridized carbons (Fsp3) is 0.737. The fourth-order valence-electron chi connectivity index (χ4n) is 2.90. The number of carbonyl (C=O) groups excluding carboxylic acids is 1. The molecule has 2 rings (SSSR count). The predicted molar refractivity (Wildman–Crippen MR) is 103 cm³/mol. The average Bonchev–Trinajstić information content (AvgIpc) is 2.81. The molecule has 0 radical (unpaired) electrons. The lowest BCUT2D eigenvalue weighted by molar-refractivity contribution is -0.130. The Hall–Kier alpha value is -2.04. The highest BCUT2D eigenvalue weighted by atomic mass is 19.1. The predicted octanol–water partition coefficient (Wildman–Crippen LogP) is 1.95. The zero-order valence-corrected chi connectivity index (χ0v) is 17.4. The van der Waals surface area contributed by atoms with Crippen molar-refractivity contribution in [2.24, 2.45) is 0 Å². The Morgan fingerprint density at radius 1 is 1.48 bits per heavy atom. The summed E-state index contributed by atoms with van der Waals surface area (Å²) >= 11 is 0. The topological polar surface area (TPSA) is 114 Å². The molecular weight excluding hydrogens is 385 g/mol. The molecule has 1 aromatic heterocycles. The maximum atomic E-state index is 14.8. The zero-order chi connectivity index (χ0) is 23.8. The first-order valence-electron chi connectivity index (χ1n) is 10.5. The SMILES string of the molecule is [2H][C@@]1(O)[C@](C)(O)[C@@](C)(CC)O[C@@]1([2H])n1cc(F)c(N(C)C(=O)OCCCCC)nc1=O. The summed E-state index contributed by atoms with van der Waals surface area (Å²) in [4.78, 5) is 29.0. The van der Waals surface area contributed by atoms with Gasteiger partial charge in [0, 0.05) is 7.05 Å². The number of carbonyl (C=O) groups is 1. The molecule has 0 aromatic carbocycles. The number of hydrogen-bond donors (Lipinski definition) is 2. The standard InChI is InChI=1S/C19H30FN3O6/c1-6-8-9-10-28-17(26)22(5)14-12(20)11-23(16(25)21-14)15-13(24)19(4,27)18(3,7-2)29-15/h11,13,15,24,27H,6-10H2,1-5H3/t13-,15+,18+,19-/m0/s1/i13D,15D. The largest absolute Gasteiger partial charge is 0.449 e. The van der Waals surface area contributed by atoms with Crippen LogP contribution in [0.1, 0.15) is 62.3 Å². The molecule has 164 valence electrons. The van der Waals surface area contributed by atoms with E-state index in [1.807, 2.05) is 6.92 Å². The van der Waals surface area contributed by atoms with Crippen molar-refractivity contribution in [3.05, 3.63) is 22.5 Å². The Labute approximate surface area is 171 Å². The first kappa shape index (κ1) is 20.2. The van der Waals surface area contributed by atoms with E-state index in [2.05, 4.69) is 4.98 Å². The summed E-state index contributed by atoms with van der Waals surface area (Å²) in [7, 11) is 1.17. The van der Waals surface area contributed by atoms with Gasteiger partial charge in [0.1, 0.15) is 11.7 Å². The molecule has 2 N–H and O–H groups in total. The van der Waals surface area contributed by atoms with E-state index in [0.29, 0.717) is 17.5 Å². The van der Waals surface area contributed by atoms with E-state index in [-0.39, 0.29) is 17.6 Å². The van der Waals surface area contributed by atoms with Gasteiger partial charge in [-0.2, -0.15) is 4.98 Å². The number of hydrogen-bond acceptors (Lipinski definition) is 7. The Bertz CT molecular complexity index is 896. The fourth-order valence-corrected chi connectivity index (χ4v) is 2.90. The molecule has 0 spiro atoms. The van der Waals surface area contributed by atoms with Crippen LogP contribution in [0.5, 0.6) is 0 Å². The van der Waals surface area contributed by atoms with Gasteiger partial charge in [0.25, 0.3) is 0 Å². The molecule has 0 unspecified atom stereocenters. The van der Waals surface area contributed by atoms with Crippen molar-refractivity contribution in [2.75, 3.05) is 18.6 Å². The average molecular weight is 417 g/mol. The van der Waals surface area contributed by atoms with Crippen LogP contribution in [0.4, 0.5) is 15.0 Å². The smallest absolute Gasteiger partial charge is 0.415 e. The lowest BCUT2D eigenvalue weighted by Gasteiger charge is -2.35. The van der Waals surface area contributed by atoms with Crippen molar-refractivity contribution < 1.29 is 31.6 Å². The zero-order valence-electron chi connectivity index (χ0n) is 19.4. The van der Waals surface area contributed by atoms with E-state index in [1.165, 1.54) is 14.0 Å². The molecule has 0 bridgehead atoms. The molecule has 1 amide bonds. The third-order valence-corrected chi connectivity index (χ3v) is 5.34. The molecule has 1 fully saturated rings. The van der Waals surface area contributed by atoms with E-state index >= 15 is 0 Å². The first-order valence-corrected chi connectivity index (χ1v) is 9.55. The molecule has 1 aromatic rings. The van der Waals surface area contributed by atoms with Gasteiger partial charge in [0.05, 0.1) is 21.1 Å². The van der Waals surface area contributed by atoms with Gasteiger partial charge in [-0.3, -0.25) is 9.47 Å². The van der Waals surface area contributed by atoms with Crippen molar-refractivity contribution in [3.8, 4) is 0 Å². The highest BCUT2D eigenvalue weighted by molar-refractivity contribution is 5.85. The second-order valence-electron chi connectivity index (χ2n) is 7.36. The molecule has 29 heavy (non-hydrogen) atoms. The number of rotatable bonds is 7. The monoisotopic (exact) mass is 417 g/mol. The molecule has 1 saturated heterocycles. The van der Waals surface area contributed by atoms with Crippen LogP contribution < -0.4 is 10.6 Å². The molecule has 1 aliphatic rings. The number of anilines is 1. The van der Waals surface area contributed by atoms with Gasteiger partial charge < -0.3 is 19.7 Å². The molecular formula is C19H30FN3O6. The van der Waals surface area contributed by atoms with Crippen LogP contribution in [0.25, 0.3) is 0 Å². The molecule has 1 aliphatic heterocycles. The van der Waals surface area contributed by atoms with E-state index in [9.17, 15) is 24.2 Å². The van der Waals surface area contributed by atoms with Crippen LogP contribution in [-0.2, 0) is 9.47 Å². The molecule has 2 heterocycles. The highest BCUT2D eigenvalue weighted by Crippen LogP contribution is 2.45. The summed E-state index contributed by atoms with van der Waals surface area (Å²) < 4.78 is 42.3. The van der Waals surface area contributed by atoms with E-state index < -0.39 is 46.9 Å². The second kappa shape index (κ2) is 8.76. The summed E-state index contributed by atoms with van der Waals surface area (Å²) in [6.07, 6.45) is -3.90. The summed E-state index contributed by atoms with van der Waals surface area (Å²) in [5, 5.41) is 21.4. The van der Waals surface area contributed by atoms with Gasteiger partial charge in [-0.25, -0.2) is 14.0 Å². The van der Waals surface area contributed by atoms with E-state index in [0.717, 1.165) is 19.8 Å². The van der Waals surface area contributed by atoms with Gasteiger partial charge in [0.15, 0.2) is 17.8 Å². The number of aromatic nitrogens is 2. The molecule has 0 aliphatic carbocycles. The van der Waals surface area contributed by atoms with Crippen LogP contribution in [-0.4, -0.2) is 56.8 Å². The minimum atomic E-state index is -3.06. The Morgan fingerprint density at radius 2 is 2.14 bits per heavy atom. The van der Waals surface area contributed by atoms with Crippen LogP contribution >= 0.6 is 0 Å². The van der Waals surface area contributed by atoms with Crippen LogP contribution in [0.15, 0.2) is 11.0 Å². The number of nitrogens with zero attached hydrogens (tertiary/aromatic N) is 3. The number of unbranched alkanes of at least 4 members (excludes halogenated alkanes) is 2. The summed E-state index contributed by atoms with van der Waals surface area (Å²) in [6, 6.07) is 0. The van der Waals surface area contributed by atoms with Gasteiger partial charge in [-0.15, -0.1) is 0 Å². The summed E-state index contributed by atoms with van der Waals surface area (Å²) in [6.45, 7) is 6.17. The second-order valence-corrected chi connectivity index (χ2v) is 7.36. The Morgan fingerprint density at radius 3 is 2.69 bits per heavy atom. The molecule has 9 nitrogen and oxygen atoms in total. The van der Waals surface area contributed by atoms with Crippen LogP contribution in [0.3, 0.4) is 0 Å². The quantitative estimate of drug-likeness (QED) is 0.652. The number of ether oxygens (including phenoxy) is 2.